The van der Waals surface area contributed by atoms with E-state index in [1.165, 1.54) is 0 Å². The summed E-state index contributed by atoms with van der Waals surface area (Å²) in [6, 6.07) is 30.3. The van der Waals surface area contributed by atoms with Gasteiger partial charge in [-0.25, -0.2) is 0 Å². The standard InChI is InChI=1S/C24H14N2O.Pd/c1-2-13-25-23(8-1)19-5-3-7-20(15-19)27-21-12-11-17-9-10-18-6-4-14-26-24(18)22(17)16-21;/h1-14H;/q-2;+2. The van der Waals surface area contributed by atoms with Crippen molar-refractivity contribution in [3.8, 4) is 22.8 Å². The zero-order valence-corrected chi connectivity index (χ0v) is 16.3. The molecule has 0 radical (unpaired) electrons. The van der Waals surface area contributed by atoms with Gasteiger partial charge in [0.15, 0.2) is 0 Å². The number of hydrogen-bond acceptors (Lipinski definition) is 3. The fourth-order valence-corrected chi connectivity index (χ4v) is 3.12. The van der Waals surface area contributed by atoms with Gasteiger partial charge in [-0.05, 0) is 28.7 Å². The third-order valence-electron chi connectivity index (χ3n) is 4.40. The van der Waals surface area contributed by atoms with Crippen LogP contribution in [-0.4, -0.2) is 9.97 Å². The maximum absolute atomic E-state index is 6.03. The summed E-state index contributed by atoms with van der Waals surface area (Å²) in [7, 11) is 0. The Bertz CT molecular complexity index is 1260. The molecule has 0 unspecified atom stereocenters. The Morgan fingerprint density at radius 3 is 2.36 bits per heavy atom. The number of ether oxygens (including phenoxy) is 1. The SMILES string of the molecule is [Pd+2].[c-]1c(Oc2[c-]c3c(cc2)ccc2cccnc23)cccc1-c1ccccn1. The van der Waals surface area contributed by atoms with Crippen LogP contribution in [0, 0.1) is 12.1 Å². The molecule has 2 aromatic heterocycles. The van der Waals surface area contributed by atoms with Crippen molar-refractivity contribution in [3.05, 3.63) is 97.3 Å². The van der Waals surface area contributed by atoms with E-state index in [1.54, 1.807) is 12.4 Å². The fourth-order valence-electron chi connectivity index (χ4n) is 3.12. The molecule has 0 spiro atoms. The van der Waals surface area contributed by atoms with Gasteiger partial charge >= 0.3 is 20.4 Å². The number of rotatable bonds is 3. The molecule has 0 saturated heterocycles. The minimum atomic E-state index is 0. The van der Waals surface area contributed by atoms with Gasteiger partial charge < -0.3 is 14.7 Å². The number of pyridine rings is 2. The number of nitrogens with zero attached hydrogens (tertiary/aromatic N) is 2. The molecular weight excluding hydrogens is 439 g/mol. The quantitative estimate of drug-likeness (QED) is 0.196. The molecule has 3 nitrogen and oxygen atoms in total. The molecule has 0 atom stereocenters. The van der Waals surface area contributed by atoms with E-state index in [0.717, 1.165) is 32.9 Å². The van der Waals surface area contributed by atoms with Crippen LogP contribution in [0.5, 0.6) is 11.5 Å². The van der Waals surface area contributed by atoms with Crippen LogP contribution in [-0.2, 0) is 20.4 Å². The van der Waals surface area contributed by atoms with E-state index in [9.17, 15) is 0 Å². The third kappa shape index (κ3) is 3.53. The Hall–Kier alpha value is -3.06. The maximum atomic E-state index is 6.03. The summed E-state index contributed by atoms with van der Waals surface area (Å²) < 4.78 is 6.03. The van der Waals surface area contributed by atoms with Gasteiger partial charge in [-0.15, -0.1) is 46.7 Å². The molecule has 0 aliphatic heterocycles. The van der Waals surface area contributed by atoms with Crippen LogP contribution in [0.2, 0.25) is 0 Å². The van der Waals surface area contributed by atoms with E-state index in [-0.39, 0.29) is 20.4 Å². The zero-order valence-electron chi connectivity index (χ0n) is 14.7. The minimum Gasteiger partial charge on any atom is -0.497 e. The van der Waals surface area contributed by atoms with Gasteiger partial charge in [-0.3, -0.25) is 0 Å². The average molecular weight is 453 g/mol. The molecule has 0 N–H and O–H groups in total. The Balaban J connectivity index is 0.00000192. The largest absolute Gasteiger partial charge is 2.00 e. The van der Waals surface area contributed by atoms with Crippen molar-refractivity contribution in [2.45, 2.75) is 0 Å². The van der Waals surface area contributed by atoms with E-state index in [2.05, 4.69) is 34.2 Å². The van der Waals surface area contributed by atoms with E-state index >= 15 is 0 Å². The molecule has 0 aliphatic rings. The second kappa shape index (κ2) is 7.90. The summed E-state index contributed by atoms with van der Waals surface area (Å²) in [5.74, 6) is 1.26. The molecule has 28 heavy (non-hydrogen) atoms. The topological polar surface area (TPSA) is 35.0 Å². The number of fused-ring (bicyclic) bond motifs is 3. The molecule has 0 saturated carbocycles. The third-order valence-corrected chi connectivity index (χ3v) is 4.40. The first-order valence-electron chi connectivity index (χ1n) is 8.68. The molecule has 0 fully saturated rings. The fraction of sp³-hybridized carbons (Fsp3) is 0. The van der Waals surface area contributed by atoms with Gasteiger partial charge in [0.1, 0.15) is 0 Å². The number of hydrogen-bond donors (Lipinski definition) is 0. The normalized spacial score (nSPS) is 10.6. The van der Waals surface area contributed by atoms with Crippen LogP contribution in [0.4, 0.5) is 0 Å². The molecule has 136 valence electrons. The second-order valence-corrected chi connectivity index (χ2v) is 6.17. The summed E-state index contributed by atoms with van der Waals surface area (Å²) in [5, 5.41) is 3.12. The molecule has 3 aromatic carbocycles. The number of aromatic nitrogens is 2. The molecular formula is C24H14N2OPd. The molecule has 0 bridgehead atoms. The molecule has 5 aromatic rings. The van der Waals surface area contributed by atoms with Crippen LogP contribution in [0.15, 0.2) is 85.2 Å². The summed E-state index contributed by atoms with van der Waals surface area (Å²) in [4.78, 5) is 8.88. The Kier molecular flexibility index (Phi) is 5.17. The first-order chi connectivity index (χ1) is 13.4. The van der Waals surface area contributed by atoms with Gasteiger partial charge in [0.05, 0.1) is 0 Å². The van der Waals surface area contributed by atoms with Gasteiger partial charge in [-0.1, -0.05) is 42.5 Å². The molecule has 0 amide bonds. The first kappa shape index (κ1) is 18.3. The summed E-state index contributed by atoms with van der Waals surface area (Å²) in [6.45, 7) is 0. The van der Waals surface area contributed by atoms with Gasteiger partial charge in [0.2, 0.25) is 0 Å². The molecule has 2 heterocycles. The van der Waals surface area contributed by atoms with Crippen molar-refractivity contribution in [1.29, 1.82) is 0 Å². The van der Waals surface area contributed by atoms with Crippen molar-refractivity contribution in [3.63, 3.8) is 0 Å². The van der Waals surface area contributed by atoms with Crippen LogP contribution >= 0.6 is 0 Å². The Morgan fingerprint density at radius 2 is 1.46 bits per heavy atom. The van der Waals surface area contributed by atoms with Crippen molar-refractivity contribution in [2.75, 3.05) is 0 Å². The van der Waals surface area contributed by atoms with E-state index < -0.39 is 0 Å². The van der Waals surface area contributed by atoms with Gasteiger partial charge in [0, 0.05) is 23.9 Å². The van der Waals surface area contributed by atoms with E-state index in [0.29, 0.717) is 11.5 Å². The van der Waals surface area contributed by atoms with Crippen LogP contribution in [0.3, 0.4) is 0 Å². The Labute approximate surface area is 176 Å². The van der Waals surface area contributed by atoms with Crippen molar-refractivity contribution < 1.29 is 25.2 Å². The van der Waals surface area contributed by atoms with Gasteiger partial charge in [-0.2, -0.15) is 0 Å². The van der Waals surface area contributed by atoms with E-state index in [1.807, 2.05) is 60.7 Å². The van der Waals surface area contributed by atoms with Crippen molar-refractivity contribution >= 4 is 21.7 Å². The summed E-state index contributed by atoms with van der Waals surface area (Å²) in [5.41, 5.74) is 2.67. The second-order valence-electron chi connectivity index (χ2n) is 6.17. The zero-order chi connectivity index (χ0) is 18.1. The number of benzene rings is 3. The molecule has 0 aliphatic carbocycles. The maximum Gasteiger partial charge on any atom is 2.00 e. The van der Waals surface area contributed by atoms with Crippen LogP contribution in [0.25, 0.3) is 32.9 Å². The predicted molar refractivity (Wildman–Crippen MR) is 107 cm³/mol. The minimum absolute atomic E-state index is 0. The Morgan fingerprint density at radius 1 is 0.643 bits per heavy atom. The van der Waals surface area contributed by atoms with Gasteiger partial charge in [0.25, 0.3) is 0 Å². The summed E-state index contributed by atoms with van der Waals surface area (Å²) in [6.07, 6.45) is 3.57. The smallest absolute Gasteiger partial charge is 0.497 e. The van der Waals surface area contributed by atoms with Crippen molar-refractivity contribution in [1.82, 2.24) is 9.97 Å². The first-order valence-corrected chi connectivity index (χ1v) is 8.68. The monoisotopic (exact) mass is 452 g/mol. The average Bonchev–Trinajstić information content (AvgIpc) is 2.74. The summed E-state index contributed by atoms with van der Waals surface area (Å²) >= 11 is 0. The van der Waals surface area contributed by atoms with E-state index in [4.69, 9.17) is 4.74 Å². The molecule has 5 rings (SSSR count). The van der Waals surface area contributed by atoms with Crippen LogP contribution in [0.1, 0.15) is 0 Å². The van der Waals surface area contributed by atoms with Crippen molar-refractivity contribution in [2.24, 2.45) is 0 Å². The predicted octanol–water partition coefficient (Wildman–Crippen LogP) is 5.84. The van der Waals surface area contributed by atoms with Crippen LogP contribution < -0.4 is 4.74 Å². The molecule has 4 heteroatoms.